The summed E-state index contributed by atoms with van der Waals surface area (Å²) in [6.07, 6.45) is 1.56. The Hall–Kier alpha value is -0.620. The van der Waals surface area contributed by atoms with Gasteiger partial charge in [0.2, 0.25) is 0 Å². The molecule has 0 spiro atoms. The van der Waals surface area contributed by atoms with Gasteiger partial charge in [-0.15, -0.1) is 0 Å². The van der Waals surface area contributed by atoms with Gasteiger partial charge in [0.05, 0.1) is 5.02 Å². The lowest BCUT2D eigenvalue weighted by Gasteiger charge is -2.07. The number of nitrogens with two attached hydrogens (primary N) is 1. The number of aryl methyl sites for hydroxylation is 1. The maximum absolute atomic E-state index is 11.8. The summed E-state index contributed by atoms with van der Waals surface area (Å²) in [5.41, 5.74) is 1.81. The number of rotatable bonds is 3. The Labute approximate surface area is 94.0 Å². The van der Waals surface area contributed by atoms with Gasteiger partial charge in [-0.2, -0.15) is 13.2 Å². The van der Waals surface area contributed by atoms with E-state index < -0.39 is 5.51 Å². The molecular weight excluding hydrogens is 249 g/mol. The van der Waals surface area contributed by atoms with Crippen molar-refractivity contribution in [2.75, 3.05) is 11.5 Å². The van der Waals surface area contributed by atoms with Crippen molar-refractivity contribution in [3.8, 4) is 0 Å². The lowest BCUT2D eigenvalue weighted by atomic mass is 10.2. The third-order valence-corrected chi connectivity index (χ3v) is 2.55. The fraction of sp³-hybridized carbons (Fsp3) is 0.375. The maximum Gasteiger partial charge on any atom is 0.441 e. The van der Waals surface area contributed by atoms with Crippen molar-refractivity contribution in [3.63, 3.8) is 0 Å². The van der Waals surface area contributed by atoms with Crippen LogP contribution in [0.25, 0.3) is 0 Å². The monoisotopic (exact) mass is 256 g/mol. The lowest BCUT2D eigenvalue weighted by molar-refractivity contribution is -0.0327. The quantitative estimate of drug-likeness (QED) is 0.903. The minimum atomic E-state index is -4.21. The third kappa shape index (κ3) is 4.61. The Bertz CT molecular complexity index is 343. The van der Waals surface area contributed by atoms with Crippen LogP contribution in [-0.4, -0.2) is 16.2 Å². The first kappa shape index (κ1) is 12.4. The van der Waals surface area contributed by atoms with Crippen LogP contribution in [0.2, 0.25) is 5.02 Å². The van der Waals surface area contributed by atoms with Crippen LogP contribution in [0.1, 0.15) is 5.56 Å². The molecule has 1 heterocycles. The van der Waals surface area contributed by atoms with Crippen molar-refractivity contribution in [2.24, 2.45) is 0 Å². The van der Waals surface area contributed by atoms with E-state index in [1.165, 1.54) is 12.3 Å². The van der Waals surface area contributed by atoms with Gasteiger partial charge in [0.15, 0.2) is 0 Å². The largest absolute Gasteiger partial charge is 0.441 e. The Kier molecular flexibility index (Phi) is 4.10. The molecule has 15 heavy (non-hydrogen) atoms. The summed E-state index contributed by atoms with van der Waals surface area (Å²) in [6, 6.07) is 1.53. The van der Waals surface area contributed by atoms with Gasteiger partial charge in [-0.1, -0.05) is 23.4 Å². The number of nitrogens with zero attached hydrogens (tertiary/aromatic N) is 1. The van der Waals surface area contributed by atoms with Crippen molar-refractivity contribution in [1.29, 1.82) is 0 Å². The van der Waals surface area contributed by atoms with E-state index in [-0.39, 0.29) is 29.8 Å². The number of anilines is 1. The molecule has 2 N–H and O–H groups in total. The van der Waals surface area contributed by atoms with Gasteiger partial charge < -0.3 is 5.73 Å². The van der Waals surface area contributed by atoms with Gasteiger partial charge in [-0.25, -0.2) is 4.98 Å². The van der Waals surface area contributed by atoms with Crippen LogP contribution in [-0.2, 0) is 6.42 Å². The van der Waals surface area contributed by atoms with Crippen LogP contribution in [0.3, 0.4) is 0 Å². The van der Waals surface area contributed by atoms with E-state index >= 15 is 0 Å². The summed E-state index contributed by atoms with van der Waals surface area (Å²) in [4.78, 5) is 3.75. The fourth-order valence-electron chi connectivity index (χ4n) is 0.969. The lowest BCUT2D eigenvalue weighted by Crippen LogP contribution is -2.04. The molecule has 2 nitrogen and oxygen atoms in total. The van der Waals surface area contributed by atoms with Crippen LogP contribution >= 0.6 is 23.4 Å². The van der Waals surface area contributed by atoms with E-state index in [2.05, 4.69) is 4.98 Å². The first-order valence-electron chi connectivity index (χ1n) is 3.99. The highest BCUT2D eigenvalue weighted by molar-refractivity contribution is 8.00. The highest BCUT2D eigenvalue weighted by Crippen LogP contribution is 2.31. The molecule has 0 radical (unpaired) electrons. The second-order valence-corrected chi connectivity index (χ2v) is 4.34. The molecule has 0 saturated heterocycles. The number of hydrogen-bond donors (Lipinski definition) is 1. The summed E-state index contributed by atoms with van der Waals surface area (Å²) < 4.78 is 35.5. The topological polar surface area (TPSA) is 38.9 Å². The zero-order valence-electron chi connectivity index (χ0n) is 7.51. The first-order valence-corrected chi connectivity index (χ1v) is 5.35. The van der Waals surface area contributed by atoms with Gasteiger partial charge in [0.1, 0.15) is 5.82 Å². The molecule has 0 amide bonds. The second-order valence-electron chi connectivity index (χ2n) is 2.74. The normalized spacial score (nSPS) is 11.7. The van der Waals surface area contributed by atoms with Crippen LogP contribution in [0.15, 0.2) is 12.3 Å². The summed E-state index contributed by atoms with van der Waals surface area (Å²) >= 11 is 5.56. The van der Waals surface area contributed by atoms with E-state index in [9.17, 15) is 13.2 Å². The Morgan fingerprint density at radius 2 is 2.13 bits per heavy atom. The molecule has 7 heteroatoms. The van der Waals surface area contributed by atoms with E-state index in [1.54, 1.807) is 0 Å². The molecule has 1 rings (SSSR count). The van der Waals surface area contributed by atoms with Crippen molar-refractivity contribution >= 4 is 29.2 Å². The minimum absolute atomic E-state index is 0.0835. The molecule has 0 aliphatic heterocycles. The summed E-state index contributed by atoms with van der Waals surface area (Å²) in [5, 5.41) is 0.371. The van der Waals surface area contributed by atoms with Gasteiger partial charge in [0.25, 0.3) is 0 Å². The molecule has 1 aromatic rings. The Balaban J connectivity index is 2.54. The number of pyridine rings is 1. The number of aromatic nitrogens is 1. The van der Waals surface area contributed by atoms with Crippen molar-refractivity contribution in [3.05, 3.63) is 22.8 Å². The summed E-state index contributed by atoms with van der Waals surface area (Å²) in [6.45, 7) is 0. The number of hydrogen-bond acceptors (Lipinski definition) is 3. The van der Waals surface area contributed by atoms with Crippen LogP contribution in [0.4, 0.5) is 19.0 Å². The van der Waals surface area contributed by atoms with E-state index in [0.29, 0.717) is 10.6 Å². The number of halogens is 4. The number of nitrogen functional groups attached to an aromatic ring is 1. The first-order chi connectivity index (χ1) is 6.88. The van der Waals surface area contributed by atoms with Gasteiger partial charge >= 0.3 is 5.51 Å². The SMILES string of the molecule is Nc1ncc(Cl)cc1CCSC(F)(F)F. The smallest absolute Gasteiger partial charge is 0.383 e. The Morgan fingerprint density at radius 3 is 2.73 bits per heavy atom. The van der Waals surface area contributed by atoms with Crippen molar-refractivity contribution in [1.82, 2.24) is 4.98 Å². The predicted octanol–water partition coefficient (Wildman–Crippen LogP) is 3.11. The molecule has 0 atom stereocenters. The molecule has 0 saturated carbocycles. The van der Waals surface area contributed by atoms with E-state index in [4.69, 9.17) is 17.3 Å². The standard InChI is InChI=1S/C8H8ClF3N2S/c9-6-3-5(7(13)14-4-6)1-2-15-8(10,11)12/h3-4H,1-2H2,(H2,13,14). The predicted molar refractivity (Wildman–Crippen MR) is 55.9 cm³/mol. The fourth-order valence-corrected chi connectivity index (χ4v) is 1.70. The van der Waals surface area contributed by atoms with Crippen molar-refractivity contribution in [2.45, 2.75) is 11.9 Å². The number of thioether (sulfide) groups is 1. The van der Waals surface area contributed by atoms with Gasteiger partial charge in [0, 0.05) is 11.9 Å². The van der Waals surface area contributed by atoms with Gasteiger partial charge in [-0.3, -0.25) is 0 Å². The van der Waals surface area contributed by atoms with E-state index in [0.717, 1.165) is 0 Å². The average Bonchev–Trinajstić information content (AvgIpc) is 2.09. The minimum Gasteiger partial charge on any atom is -0.383 e. The molecule has 0 fully saturated rings. The highest BCUT2D eigenvalue weighted by atomic mass is 35.5. The molecule has 0 bridgehead atoms. The van der Waals surface area contributed by atoms with Crippen LogP contribution < -0.4 is 5.73 Å². The van der Waals surface area contributed by atoms with Gasteiger partial charge in [-0.05, 0) is 18.1 Å². The maximum atomic E-state index is 11.8. The zero-order valence-corrected chi connectivity index (χ0v) is 9.09. The molecular formula is C8H8ClF3N2S. The molecule has 0 aliphatic rings. The van der Waals surface area contributed by atoms with Crippen LogP contribution in [0, 0.1) is 0 Å². The third-order valence-electron chi connectivity index (χ3n) is 1.61. The zero-order chi connectivity index (χ0) is 11.5. The Morgan fingerprint density at radius 1 is 1.47 bits per heavy atom. The molecule has 1 aromatic heterocycles. The average molecular weight is 257 g/mol. The highest BCUT2D eigenvalue weighted by Gasteiger charge is 2.27. The van der Waals surface area contributed by atoms with Crippen LogP contribution in [0.5, 0.6) is 0 Å². The van der Waals surface area contributed by atoms with Crippen molar-refractivity contribution < 1.29 is 13.2 Å². The molecule has 0 aliphatic carbocycles. The van der Waals surface area contributed by atoms with E-state index in [1.807, 2.05) is 0 Å². The molecule has 0 unspecified atom stereocenters. The molecule has 0 aromatic carbocycles. The summed E-state index contributed by atoms with van der Waals surface area (Å²) in [5.74, 6) is 0.137. The second kappa shape index (κ2) is 4.94. The summed E-state index contributed by atoms with van der Waals surface area (Å²) in [7, 11) is 0. The molecule has 84 valence electrons. The number of alkyl halides is 3.